The van der Waals surface area contributed by atoms with Gasteiger partial charge in [-0.2, -0.15) is 0 Å². The Morgan fingerprint density at radius 3 is 2.00 bits per heavy atom. The van der Waals surface area contributed by atoms with Gasteiger partial charge in [0, 0.05) is 23.7 Å². The zero-order valence-electron chi connectivity index (χ0n) is 20.0. The van der Waals surface area contributed by atoms with E-state index in [1.54, 1.807) is 45.0 Å². The van der Waals surface area contributed by atoms with Crippen LogP contribution in [0.25, 0.3) is 0 Å². The minimum absolute atomic E-state index is 0.0270. The predicted molar refractivity (Wildman–Crippen MR) is 132 cm³/mol. The van der Waals surface area contributed by atoms with Crippen LogP contribution in [0.4, 0.5) is 0 Å². The van der Waals surface area contributed by atoms with Crippen molar-refractivity contribution in [3.8, 4) is 17.2 Å². The van der Waals surface area contributed by atoms with Crippen molar-refractivity contribution in [3.63, 3.8) is 0 Å². The zero-order valence-corrected chi connectivity index (χ0v) is 21.6. The number of phenols is 2. The van der Waals surface area contributed by atoms with Crippen molar-refractivity contribution in [2.75, 3.05) is 0 Å². The Morgan fingerprint density at radius 2 is 1.43 bits per heavy atom. The highest BCUT2D eigenvalue weighted by Crippen LogP contribution is 2.46. The lowest BCUT2D eigenvalue weighted by molar-refractivity contribution is -0.134. The first kappa shape index (κ1) is 28.0. The van der Waals surface area contributed by atoms with Gasteiger partial charge in [-0.1, -0.05) is 48.8 Å². The molecule has 0 bridgehead atoms. The first-order chi connectivity index (χ1) is 16.7. The number of carbonyl (C=O) groups is 4. The molecule has 0 fully saturated rings. The number of Topliss-reactive ketones (excluding diaryl/α,β-unsaturated/α-hetero) is 2. The van der Waals surface area contributed by atoms with Crippen molar-refractivity contribution in [1.82, 2.24) is 0 Å². The summed E-state index contributed by atoms with van der Waals surface area (Å²) in [7, 11) is 0. The molecule has 2 rings (SSSR count). The first-order valence-corrected chi connectivity index (χ1v) is 12.3. The van der Waals surface area contributed by atoms with Crippen LogP contribution >= 0.6 is 15.9 Å². The van der Waals surface area contributed by atoms with E-state index in [0.717, 1.165) is 4.47 Å². The summed E-state index contributed by atoms with van der Waals surface area (Å²) in [6.07, 6.45) is 1.05. The number of benzene rings is 2. The van der Waals surface area contributed by atoms with Crippen molar-refractivity contribution in [1.29, 1.82) is 0 Å². The number of aromatic hydroxyl groups is 2. The largest absolute Gasteiger partial charge is 0.504 e. The minimum atomic E-state index is -1.06. The monoisotopic (exact) mass is 548 g/mol. The second kappa shape index (κ2) is 13.0. The van der Waals surface area contributed by atoms with Crippen LogP contribution in [0, 0.1) is 0 Å². The second-order valence-corrected chi connectivity index (χ2v) is 8.84. The van der Waals surface area contributed by atoms with Gasteiger partial charge in [0.05, 0.1) is 16.7 Å². The number of ketones is 2. The van der Waals surface area contributed by atoms with E-state index < -0.39 is 57.4 Å². The topological polar surface area (TPSA) is 127 Å². The Bertz CT molecular complexity index is 1120. The summed E-state index contributed by atoms with van der Waals surface area (Å²) in [5.74, 6) is -5.67. The van der Waals surface area contributed by atoms with Gasteiger partial charge in [-0.3, -0.25) is 14.4 Å². The first-order valence-electron chi connectivity index (χ1n) is 11.5. The fourth-order valence-electron chi connectivity index (χ4n) is 3.46. The predicted octanol–water partition coefficient (Wildman–Crippen LogP) is 5.89. The van der Waals surface area contributed by atoms with Crippen molar-refractivity contribution in [2.24, 2.45) is 0 Å². The number of rotatable bonds is 12. The van der Waals surface area contributed by atoms with Crippen LogP contribution in [0.5, 0.6) is 17.2 Å². The third kappa shape index (κ3) is 6.91. The van der Waals surface area contributed by atoms with Crippen LogP contribution in [0.1, 0.15) is 95.9 Å². The summed E-state index contributed by atoms with van der Waals surface area (Å²) in [5.41, 5.74) is -0.872. The minimum Gasteiger partial charge on any atom is -0.504 e. The molecule has 0 spiro atoms. The van der Waals surface area contributed by atoms with Crippen LogP contribution in [-0.4, -0.2) is 33.7 Å². The van der Waals surface area contributed by atoms with Gasteiger partial charge in [0.15, 0.2) is 23.1 Å². The molecule has 0 aliphatic carbocycles. The Kier molecular flexibility index (Phi) is 10.4. The number of hydrogen-bond donors (Lipinski definition) is 2. The molecule has 0 saturated carbocycles. The maximum absolute atomic E-state index is 13.3. The van der Waals surface area contributed by atoms with E-state index in [9.17, 15) is 29.4 Å². The molecule has 0 heterocycles. The van der Waals surface area contributed by atoms with Gasteiger partial charge in [0.25, 0.3) is 0 Å². The van der Waals surface area contributed by atoms with Crippen molar-refractivity contribution < 1.29 is 38.9 Å². The Hall–Kier alpha value is -3.20. The third-order valence-electron chi connectivity index (χ3n) is 5.05. The summed E-state index contributed by atoms with van der Waals surface area (Å²) < 4.78 is 11.4. The summed E-state index contributed by atoms with van der Waals surface area (Å²) in [6, 6.07) is 6.99. The SMILES string of the molecule is CCCC(=O)Oc1c(O)c(O)c(C(=O)CCC)c(C(=O)OCc2cccc(Br)c2)c1C(=O)CCC. The van der Waals surface area contributed by atoms with Crippen LogP contribution in [0.15, 0.2) is 28.7 Å². The summed E-state index contributed by atoms with van der Waals surface area (Å²) in [5, 5.41) is 21.4. The molecule has 2 N–H and O–H groups in total. The number of esters is 2. The van der Waals surface area contributed by atoms with Crippen molar-refractivity contribution in [3.05, 3.63) is 51.0 Å². The molecule has 0 radical (unpaired) electrons. The van der Waals surface area contributed by atoms with E-state index >= 15 is 0 Å². The second-order valence-electron chi connectivity index (χ2n) is 7.93. The number of phenolic OH excluding ortho intramolecular Hbond substituents is 2. The van der Waals surface area contributed by atoms with Crippen LogP contribution in [0.2, 0.25) is 0 Å². The lowest BCUT2D eigenvalue weighted by Gasteiger charge is -2.19. The number of hydrogen-bond acceptors (Lipinski definition) is 8. The molecule has 9 heteroatoms. The van der Waals surface area contributed by atoms with E-state index in [4.69, 9.17) is 9.47 Å². The van der Waals surface area contributed by atoms with Gasteiger partial charge in [0.1, 0.15) is 6.61 Å². The highest BCUT2D eigenvalue weighted by Gasteiger charge is 2.36. The Labute approximate surface area is 212 Å². The highest BCUT2D eigenvalue weighted by atomic mass is 79.9. The normalized spacial score (nSPS) is 10.6. The van der Waals surface area contributed by atoms with Gasteiger partial charge >= 0.3 is 11.9 Å². The van der Waals surface area contributed by atoms with E-state index in [2.05, 4.69) is 15.9 Å². The Balaban J connectivity index is 2.74. The molecular weight excluding hydrogens is 520 g/mol. The lowest BCUT2D eigenvalue weighted by atomic mass is 9.90. The van der Waals surface area contributed by atoms with E-state index in [1.165, 1.54) is 0 Å². The fourth-order valence-corrected chi connectivity index (χ4v) is 3.91. The molecule has 188 valence electrons. The number of halogens is 1. The smallest absolute Gasteiger partial charge is 0.340 e. The molecule has 0 atom stereocenters. The third-order valence-corrected chi connectivity index (χ3v) is 5.54. The van der Waals surface area contributed by atoms with Gasteiger partial charge in [0.2, 0.25) is 5.75 Å². The maximum atomic E-state index is 13.3. The zero-order chi connectivity index (χ0) is 26.1. The maximum Gasteiger partial charge on any atom is 0.340 e. The van der Waals surface area contributed by atoms with Crippen molar-refractivity contribution in [2.45, 2.75) is 65.9 Å². The standard InChI is InChI=1S/C26H29BrO8/c1-4-8-17(28)20-22(26(33)34-14-15-11-7-12-16(27)13-15)21(18(29)9-5-2)25(24(32)23(20)31)35-19(30)10-6-3/h7,11-13,31-32H,4-6,8-10,14H2,1-3H3. The molecule has 0 saturated heterocycles. The number of ether oxygens (including phenoxy) is 2. The molecular formula is C26H29BrO8. The molecule has 8 nitrogen and oxygen atoms in total. The van der Waals surface area contributed by atoms with Gasteiger partial charge in [-0.25, -0.2) is 4.79 Å². The van der Waals surface area contributed by atoms with Gasteiger partial charge in [-0.05, 0) is 37.0 Å². The lowest BCUT2D eigenvalue weighted by Crippen LogP contribution is -2.20. The summed E-state index contributed by atoms with van der Waals surface area (Å²) in [6.45, 7) is 5.01. The van der Waals surface area contributed by atoms with E-state index in [0.29, 0.717) is 24.8 Å². The summed E-state index contributed by atoms with van der Waals surface area (Å²) in [4.78, 5) is 51.6. The van der Waals surface area contributed by atoms with Crippen LogP contribution in [-0.2, 0) is 16.1 Å². The quantitative estimate of drug-likeness (QED) is 0.145. The molecule has 0 aliphatic heterocycles. The summed E-state index contributed by atoms with van der Waals surface area (Å²) >= 11 is 3.33. The molecule has 0 amide bonds. The number of carbonyl (C=O) groups excluding carboxylic acids is 4. The van der Waals surface area contributed by atoms with E-state index in [1.807, 2.05) is 0 Å². The molecule has 0 unspecified atom stereocenters. The molecule has 35 heavy (non-hydrogen) atoms. The Morgan fingerprint density at radius 1 is 0.829 bits per heavy atom. The molecule has 2 aromatic carbocycles. The molecule has 0 aliphatic rings. The van der Waals surface area contributed by atoms with Gasteiger partial charge in [-0.15, -0.1) is 0 Å². The average Bonchev–Trinajstić information content (AvgIpc) is 2.80. The highest BCUT2D eigenvalue weighted by molar-refractivity contribution is 9.10. The molecule has 0 aromatic heterocycles. The van der Waals surface area contributed by atoms with E-state index in [-0.39, 0.29) is 25.9 Å². The van der Waals surface area contributed by atoms with Gasteiger partial charge < -0.3 is 19.7 Å². The average molecular weight is 549 g/mol. The van der Waals surface area contributed by atoms with Crippen LogP contribution in [0.3, 0.4) is 0 Å². The van der Waals surface area contributed by atoms with Crippen molar-refractivity contribution >= 4 is 39.4 Å². The van der Waals surface area contributed by atoms with Crippen LogP contribution < -0.4 is 4.74 Å². The molecule has 2 aromatic rings. The fraction of sp³-hybridized carbons (Fsp3) is 0.385.